The van der Waals surface area contributed by atoms with Gasteiger partial charge in [-0.05, 0) is 42.5 Å². The molecule has 0 bridgehead atoms. The molecule has 2 amide bonds. The average molecular weight is 469 g/mol. The van der Waals surface area contributed by atoms with Crippen molar-refractivity contribution in [1.82, 2.24) is 5.43 Å². The number of methoxy groups -OCH3 is 1. The van der Waals surface area contributed by atoms with Crippen LogP contribution in [0, 0.1) is 10.1 Å². The number of hydrogen-bond donors (Lipinski definition) is 3. The average Bonchev–Trinajstić information content (AvgIpc) is 2.80. The SMILES string of the molecule is COc1cc(/C=N\NC(=O)c2ccc(NC(=O)c3ccccc3Cl)cc2)c(O)c([N+](=O)[O-])c1. The zero-order chi connectivity index (χ0) is 24.0. The maximum absolute atomic E-state index is 12.3. The highest BCUT2D eigenvalue weighted by Gasteiger charge is 2.19. The molecule has 3 rings (SSSR count). The molecule has 0 radical (unpaired) electrons. The number of carbonyl (C=O) groups is 2. The second-order valence-corrected chi connectivity index (χ2v) is 6.96. The lowest BCUT2D eigenvalue weighted by Gasteiger charge is -2.07. The minimum atomic E-state index is -0.764. The topological polar surface area (TPSA) is 143 Å². The number of hydrogen-bond acceptors (Lipinski definition) is 7. The highest BCUT2D eigenvalue weighted by Crippen LogP contribution is 2.33. The number of anilines is 1. The van der Waals surface area contributed by atoms with Crippen molar-refractivity contribution >= 4 is 41.0 Å². The molecule has 3 aromatic carbocycles. The molecule has 0 saturated heterocycles. The van der Waals surface area contributed by atoms with Gasteiger partial charge in [-0.25, -0.2) is 5.43 Å². The van der Waals surface area contributed by atoms with E-state index in [2.05, 4.69) is 15.8 Å². The second-order valence-electron chi connectivity index (χ2n) is 6.55. The second kappa shape index (κ2) is 10.2. The van der Waals surface area contributed by atoms with Crippen molar-refractivity contribution in [2.24, 2.45) is 5.10 Å². The van der Waals surface area contributed by atoms with E-state index in [-0.39, 0.29) is 16.9 Å². The molecule has 0 aliphatic heterocycles. The molecule has 10 nitrogen and oxygen atoms in total. The summed E-state index contributed by atoms with van der Waals surface area (Å²) in [5.74, 6) is -1.44. The standard InChI is InChI=1S/C22H17ClN4O6/c1-33-16-10-14(20(28)19(11-16)27(31)32)12-24-26-21(29)13-6-8-15(9-7-13)25-22(30)17-4-2-3-5-18(17)23/h2-12,28H,1H3,(H,25,30)(H,26,29)/b24-12-. The molecule has 0 aliphatic rings. The van der Waals surface area contributed by atoms with Crippen LogP contribution in [0.3, 0.4) is 0 Å². The molecule has 0 fully saturated rings. The summed E-state index contributed by atoms with van der Waals surface area (Å²) in [5, 5.41) is 27.8. The van der Waals surface area contributed by atoms with Crippen molar-refractivity contribution in [3.05, 3.63) is 92.5 Å². The fourth-order valence-electron chi connectivity index (χ4n) is 2.74. The summed E-state index contributed by atoms with van der Waals surface area (Å²) in [7, 11) is 1.32. The van der Waals surface area contributed by atoms with Crippen LogP contribution in [0.5, 0.6) is 11.5 Å². The number of amides is 2. The zero-order valence-electron chi connectivity index (χ0n) is 17.1. The number of nitro groups is 1. The molecule has 0 aromatic heterocycles. The molecule has 0 aliphatic carbocycles. The molecule has 11 heteroatoms. The van der Waals surface area contributed by atoms with Gasteiger partial charge in [0.1, 0.15) is 5.75 Å². The largest absolute Gasteiger partial charge is 0.502 e. The highest BCUT2D eigenvalue weighted by molar-refractivity contribution is 6.34. The number of ether oxygens (including phenoxy) is 1. The van der Waals surface area contributed by atoms with E-state index >= 15 is 0 Å². The molecule has 0 atom stereocenters. The molecule has 33 heavy (non-hydrogen) atoms. The summed E-state index contributed by atoms with van der Waals surface area (Å²) < 4.78 is 4.97. The first kappa shape index (κ1) is 23.2. The van der Waals surface area contributed by atoms with E-state index in [4.69, 9.17) is 16.3 Å². The number of nitrogens with one attached hydrogen (secondary N) is 2. The van der Waals surface area contributed by atoms with Crippen LogP contribution in [0.15, 0.2) is 65.8 Å². The summed E-state index contributed by atoms with van der Waals surface area (Å²) in [5.41, 5.74) is 2.69. The monoisotopic (exact) mass is 468 g/mol. The van der Waals surface area contributed by atoms with Gasteiger partial charge >= 0.3 is 5.69 Å². The van der Waals surface area contributed by atoms with Crippen molar-refractivity contribution in [1.29, 1.82) is 0 Å². The number of nitrogens with zero attached hydrogens (tertiary/aromatic N) is 2. The van der Waals surface area contributed by atoms with E-state index in [0.717, 1.165) is 12.3 Å². The minimum Gasteiger partial charge on any atom is -0.502 e. The third-order valence-electron chi connectivity index (χ3n) is 4.42. The molecule has 0 spiro atoms. The van der Waals surface area contributed by atoms with Crippen LogP contribution in [-0.4, -0.2) is 35.2 Å². The molecular formula is C22H17ClN4O6. The zero-order valence-corrected chi connectivity index (χ0v) is 17.9. The number of halogens is 1. The van der Waals surface area contributed by atoms with Gasteiger partial charge in [0.15, 0.2) is 0 Å². The Morgan fingerprint density at radius 1 is 1.12 bits per heavy atom. The number of carbonyl (C=O) groups excluding carboxylic acids is 2. The van der Waals surface area contributed by atoms with Gasteiger partial charge < -0.3 is 15.2 Å². The van der Waals surface area contributed by atoms with Gasteiger partial charge in [-0.15, -0.1) is 0 Å². The van der Waals surface area contributed by atoms with E-state index in [1.807, 2.05) is 0 Å². The Morgan fingerprint density at radius 2 is 1.82 bits per heavy atom. The minimum absolute atomic E-state index is 0.0148. The lowest BCUT2D eigenvalue weighted by molar-refractivity contribution is -0.385. The molecule has 0 unspecified atom stereocenters. The van der Waals surface area contributed by atoms with Crippen LogP contribution >= 0.6 is 11.6 Å². The number of rotatable bonds is 7. The highest BCUT2D eigenvalue weighted by atomic mass is 35.5. The predicted octanol–water partition coefficient (Wildman–Crippen LogP) is 3.98. The summed E-state index contributed by atoms with van der Waals surface area (Å²) in [6.45, 7) is 0. The Balaban J connectivity index is 1.66. The molecule has 0 saturated carbocycles. The van der Waals surface area contributed by atoms with Crippen LogP contribution in [0.2, 0.25) is 5.02 Å². The molecule has 3 N–H and O–H groups in total. The van der Waals surface area contributed by atoms with E-state index in [1.54, 1.807) is 24.3 Å². The van der Waals surface area contributed by atoms with E-state index in [1.165, 1.54) is 37.4 Å². The number of benzene rings is 3. The number of phenolic OH excluding ortho intramolecular Hbond substituents is 1. The molecule has 168 valence electrons. The van der Waals surface area contributed by atoms with Crippen LogP contribution < -0.4 is 15.5 Å². The maximum Gasteiger partial charge on any atom is 0.315 e. The first-order valence-corrected chi connectivity index (χ1v) is 9.72. The Morgan fingerprint density at radius 3 is 2.45 bits per heavy atom. The van der Waals surface area contributed by atoms with Gasteiger partial charge in [-0.2, -0.15) is 5.10 Å². The summed E-state index contributed by atoms with van der Waals surface area (Å²) in [6.07, 6.45) is 1.06. The number of aromatic hydroxyl groups is 1. The Bertz CT molecular complexity index is 1240. The smallest absolute Gasteiger partial charge is 0.315 e. The predicted molar refractivity (Wildman–Crippen MR) is 122 cm³/mol. The first-order valence-electron chi connectivity index (χ1n) is 9.35. The first-order chi connectivity index (χ1) is 15.8. The van der Waals surface area contributed by atoms with Crippen LogP contribution in [0.25, 0.3) is 0 Å². The maximum atomic E-state index is 12.3. The Kier molecular flexibility index (Phi) is 7.21. The van der Waals surface area contributed by atoms with Crippen molar-refractivity contribution < 1.29 is 24.4 Å². The molecule has 0 heterocycles. The lowest BCUT2D eigenvalue weighted by atomic mass is 10.1. The van der Waals surface area contributed by atoms with Gasteiger partial charge in [0.2, 0.25) is 5.75 Å². The van der Waals surface area contributed by atoms with Crippen molar-refractivity contribution in [2.75, 3.05) is 12.4 Å². The van der Waals surface area contributed by atoms with Crippen molar-refractivity contribution in [3.8, 4) is 11.5 Å². The molecule has 3 aromatic rings. The van der Waals surface area contributed by atoms with Crippen molar-refractivity contribution in [3.63, 3.8) is 0 Å². The fourth-order valence-corrected chi connectivity index (χ4v) is 2.96. The van der Waals surface area contributed by atoms with Gasteiger partial charge in [-0.3, -0.25) is 19.7 Å². The molecular weight excluding hydrogens is 452 g/mol. The van der Waals surface area contributed by atoms with Gasteiger partial charge in [-0.1, -0.05) is 23.7 Å². The van der Waals surface area contributed by atoms with E-state index in [0.29, 0.717) is 16.3 Å². The van der Waals surface area contributed by atoms with Crippen LogP contribution in [0.4, 0.5) is 11.4 Å². The fraction of sp³-hybridized carbons (Fsp3) is 0.0455. The number of hydrazone groups is 1. The van der Waals surface area contributed by atoms with Crippen molar-refractivity contribution in [2.45, 2.75) is 0 Å². The lowest BCUT2D eigenvalue weighted by Crippen LogP contribution is -2.18. The quantitative estimate of drug-likeness (QED) is 0.272. The van der Waals surface area contributed by atoms with Gasteiger partial charge in [0.25, 0.3) is 11.8 Å². The van der Waals surface area contributed by atoms with E-state index in [9.17, 15) is 24.8 Å². The number of phenols is 1. The number of nitro benzene ring substituents is 1. The van der Waals surface area contributed by atoms with Gasteiger partial charge in [0.05, 0.1) is 34.9 Å². The third-order valence-corrected chi connectivity index (χ3v) is 4.75. The Hall–Kier alpha value is -4.44. The summed E-state index contributed by atoms with van der Waals surface area (Å²) >= 11 is 6.01. The summed E-state index contributed by atoms with van der Waals surface area (Å²) in [4.78, 5) is 34.9. The van der Waals surface area contributed by atoms with Crippen LogP contribution in [-0.2, 0) is 0 Å². The normalized spacial score (nSPS) is 10.6. The van der Waals surface area contributed by atoms with Crippen LogP contribution in [0.1, 0.15) is 26.3 Å². The summed E-state index contributed by atoms with van der Waals surface area (Å²) in [6, 6.07) is 15.0. The van der Waals surface area contributed by atoms with Gasteiger partial charge in [0, 0.05) is 16.8 Å². The third kappa shape index (κ3) is 5.63. The Labute approximate surface area is 192 Å². The van der Waals surface area contributed by atoms with E-state index < -0.39 is 28.2 Å².